The van der Waals surface area contributed by atoms with Crippen LogP contribution < -0.4 is 0 Å². The fourth-order valence-corrected chi connectivity index (χ4v) is 5.49. The number of fused-ring (bicyclic) bond motifs is 1. The molecule has 0 radical (unpaired) electrons. The highest BCUT2D eigenvalue weighted by atomic mass is 16.7. The predicted molar refractivity (Wildman–Crippen MR) is 93.1 cm³/mol. The van der Waals surface area contributed by atoms with Crippen LogP contribution in [0.15, 0.2) is 23.3 Å². The monoisotopic (exact) mass is 364 g/mol. The normalized spacial score (nSPS) is 55.5. The van der Waals surface area contributed by atoms with Crippen molar-refractivity contribution >= 4 is 5.97 Å². The van der Waals surface area contributed by atoms with E-state index in [2.05, 4.69) is 0 Å². The number of aliphatic hydroxyl groups excluding tert-OH is 3. The van der Waals surface area contributed by atoms with E-state index in [9.17, 15) is 20.1 Å². The number of ether oxygens (including phenoxy) is 2. The average molecular weight is 364 g/mol. The molecule has 2 saturated heterocycles. The summed E-state index contributed by atoms with van der Waals surface area (Å²) in [6.45, 7) is 7.30. The van der Waals surface area contributed by atoms with E-state index in [1.807, 2.05) is 32.9 Å². The molecule has 0 saturated carbocycles. The molecule has 1 spiro atoms. The summed E-state index contributed by atoms with van der Waals surface area (Å²) in [6, 6.07) is 0. The molecule has 3 N–H and O–H groups in total. The van der Waals surface area contributed by atoms with Gasteiger partial charge >= 0.3 is 5.97 Å². The summed E-state index contributed by atoms with van der Waals surface area (Å²) in [6.07, 6.45) is 1.94. The van der Waals surface area contributed by atoms with E-state index in [1.165, 1.54) is 0 Å². The van der Waals surface area contributed by atoms with Gasteiger partial charge in [-0.3, -0.25) is 0 Å². The summed E-state index contributed by atoms with van der Waals surface area (Å²) in [5, 5.41) is 33.3. The molecular weight excluding hydrogens is 336 g/mol. The maximum absolute atomic E-state index is 12.4. The summed E-state index contributed by atoms with van der Waals surface area (Å²) in [7, 11) is 0. The van der Waals surface area contributed by atoms with Crippen LogP contribution in [-0.4, -0.2) is 56.9 Å². The molecular formula is C20H28O6. The van der Waals surface area contributed by atoms with E-state index in [1.54, 1.807) is 6.92 Å². The van der Waals surface area contributed by atoms with Gasteiger partial charge in [0.1, 0.15) is 0 Å². The molecule has 4 aliphatic rings. The number of allylic oxidation sites excluding steroid dienone is 1. The summed E-state index contributed by atoms with van der Waals surface area (Å²) < 4.78 is 11.4. The molecule has 26 heavy (non-hydrogen) atoms. The quantitative estimate of drug-likeness (QED) is 0.340. The number of hydrogen-bond acceptors (Lipinski definition) is 6. The zero-order valence-electron chi connectivity index (χ0n) is 15.7. The Hall–Kier alpha value is -1.21. The van der Waals surface area contributed by atoms with Crippen molar-refractivity contribution in [3.05, 3.63) is 23.3 Å². The Kier molecular flexibility index (Phi) is 3.78. The van der Waals surface area contributed by atoms with Crippen LogP contribution in [-0.2, 0) is 14.3 Å². The lowest BCUT2D eigenvalue weighted by atomic mass is 9.57. The number of rotatable bonds is 0. The molecule has 4 rings (SSSR count). The minimum absolute atomic E-state index is 0.432. The van der Waals surface area contributed by atoms with Crippen molar-refractivity contribution in [3.63, 3.8) is 0 Å². The van der Waals surface area contributed by atoms with Gasteiger partial charge in [0, 0.05) is 11.3 Å². The van der Waals surface area contributed by atoms with E-state index in [0.29, 0.717) is 19.3 Å². The van der Waals surface area contributed by atoms with Crippen LogP contribution >= 0.6 is 0 Å². The molecule has 2 aliphatic carbocycles. The van der Waals surface area contributed by atoms with Crippen molar-refractivity contribution in [2.45, 2.75) is 82.6 Å². The highest BCUT2D eigenvalue weighted by Crippen LogP contribution is 2.63. The largest absolute Gasteiger partial charge is 0.453 e. The molecule has 2 heterocycles. The van der Waals surface area contributed by atoms with E-state index < -0.39 is 52.9 Å². The van der Waals surface area contributed by atoms with Crippen molar-refractivity contribution in [2.75, 3.05) is 0 Å². The Morgan fingerprint density at radius 3 is 2.50 bits per heavy atom. The Labute approximate surface area is 153 Å². The van der Waals surface area contributed by atoms with Crippen LogP contribution in [0, 0.1) is 11.3 Å². The van der Waals surface area contributed by atoms with E-state index in [0.717, 1.165) is 11.1 Å². The number of carbonyl (C=O) groups excluding carboxylic acids is 1. The van der Waals surface area contributed by atoms with Crippen LogP contribution in [0.1, 0.15) is 47.0 Å². The smallest absolute Gasteiger partial charge is 0.342 e. The van der Waals surface area contributed by atoms with Gasteiger partial charge in [0.25, 0.3) is 0 Å². The van der Waals surface area contributed by atoms with E-state index >= 15 is 0 Å². The zero-order valence-corrected chi connectivity index (χ0v) is 15.7. The van der Waals surface area contributed by atoms with Gasteiger partial charge in [0.2, 0.25) is 0 Å². The lowest BCUT2D eigenvalue weighted by Crippen LogP contribution is -2.59. The fourth-order valence-electron chi connectivity index (χ4n) is 5.49. The summed E-state index contributed by atoms with van der Waals surface area (Å²) in [4.78, 5) is 12.4. The molecule has 2 fully saturated rings. The van der Waals surface area contributed by atoms with Crippen molar-refractivity contribution in [3.8, 4) is 0 Å². The van der Waals surface area contributed by atoms with Crippen molar-refractivity contribution in [1.82, 2.24) is 0 Å². The minimum atomic E-state index is -1.19. The molecule has 0 unspecified atom stereocenters. The Morgan fingerprint density at radius 2 is 1.85 bits per heavy atom. The highest BCUT2D eigenvalue weighted by Gasteiger charge is 2.85. The van der Waals surface area contributed by atoms with Gasteiger partial charge < -0.3 is 24.8 Å². The number of hydrogen-bond donors (Lipinski definition) is 3. The predicted octanol–water partition coefficient (Wildman–Crippen LogP) is 1.23. The van der Waals surface area contributed by atoms with Crippen LogP contribution in [0.25, 0.3) is 0 Å². The van der Waals surface area contributed by atoms with Gasteiger partial charge in [-0.15, -0.1) is 0 Å². The number of carbonyl (C=O) groups is 1. The maximum Gasteiger partial charge on any atom is 0.342 e. The molecule has 0 bridgehead atoms. The lowest BCUT2D eigenvalue weighted by Gasteiger charge is -2.50. The second kappa shape index (κ2) is 5.41. The van der Waals surface area contributed by atoms with Gasteiger partial charge in [-0.25, -0.2) is 4.79 Å². The number of epoxide rings is 1. The SMILES string of the molecule is CC1=CC[C@@H](O)[C@@]2(C)[C@H](O)CC/C(C)=C/[C@H]3OC(=O)[C@@]4(C)O[C@@]34[C@H](O)[C@H]12. The number of aliphatic hydroxyl groups is 3. The van der Waals surface area contributed by atoms with E-state index in [4.69, 9.17) is 9.47 Å². The van der Waals surface area contributed by atoms with Crippen molar-refractivity contribution in [1.29, 1.82) is 0 Å². The Bertz CT molecular complexity index is 713. The van der Waals surface area contributed by atoms with Gasteiger partial charge in [-0.05, 0) is 46.1 Å². The minimum Gasteiger partial charge on any atom is -0.453 e. The molecule has 144 valence electrons. The molecule has 2 aliphatic heterocycles. The van der Waals surface area contributed by atoms with Crippen LogP contribution in [0.5, 0.6) is 0 Å². The summed E-state index contributed by atoms with van der Waals surface area (Å²) >= 11 is 0. The third kappa shape index (κ3) is 1.99. The topological polar surface area (TPSA) is 99.5 Å². The molecule has 0 aromatic heterocycles. The summed E-state index contributed by atoms with van der Waals surface area (Å²) in [5.41, 5.74) is -1.45. The number of esters is 1. The molecule has 8 atom stereocenters. The third-order valence-electron chi connectivity index (χ3n) is 7.39. The van der Waals surface area contributed by atoms with Gasteiger partial charge in [-0.2, -0.15) is 0 Å². The van der Waals surface area contributed by atoms with E-state index in [-0.39, 0.29) is 0 Å². The van der Waals surface area contributed by atoms with Crippen LogP contribution in [0.3, 0.4) is 0 Å². The first-order valence-corrected chi connectivity index (χ1v) is 9.38. The molecule has 0 aromatic carbocycles. The first kappa shape index (κ1) is 18.2. The standard InChI is InChI=1S/C20H28O6/c1-10-5-7-12(21)18(3)13(22)8-6-11(2)15(18)16(23)20-14(9-10)25-17(24)19(20,4)26-20/h6,9,12-16,21-23H,5,7-8H2,1-4H3/b10-9+/t12-,13-,14-,15+,16-,18-,19-,20-/m1/s1. The van der Waals surface area contributed by atoms with Crippen LogP contribution in [0.2, 0.25) is 0 Å². The molecule has 6 heteroatoms. The van der Waals surface area contributed by atoms with Crippen LogP contribution in [0.4, 0.5) is 0 Å². The Morgan fingerprint density at radius 1 is 1.15 bits per heavy atom. The maximum atomic E-state index is 12.4. The highest BCUT2D eigenvalue weighted by molar-refractivity contribution is 5.88. The fraction of sp³-hybridized carbons (Fsp3) is 0.750. The molecule has 6 nitrogen and oxygen atoms in total. The van der Waals surface area contributed by atoms with Crippen molar-refractivity contribution in [2.24, 2.45) is 11.3 Å². The summed E-state index contributed by atoms with van der Waals surface area (Å²) in [5.74, 6) is -1.00. The first-order valence-electron chi connectivity index (χ1n) is 9.38. The Balaban J connectivity index is 1.89. The van der Waals surface area contributed by atoms with Gasteiger partial charge in [0.05, 0.1) is 18.3 Å². The second-order valence-corrected chi connectivity index (χ2v) is 8.81. The van der Waals surface area contributed by atoms with Crippen molar-refractivity contribution < 1.29 is 29.6 Å². The second-order valence-electron chi connectivity index (χ2n) is 8.81. The third-order valence-corrected chi connectivity index (χ3v) is 7.39. The molecule has 0 amide bonds. The van der Waals surface area contributed by atoms with Gasteiger partial charge in [0.15, 0.2) is 17.3 Å². The lowest BCUT2D eigenvalue weighted by molar-refractivity contribution is -0.159. The molecule has 0 aromatic rings. The van der Waals surface area contributed by atoms with Gasteiger partial charge in [-0.1, -0.05) is 24.1 Å². The zero-order chi connectivity index (χ0) is 19.1. The first-order chi connectivity index (χ1) is 12.1. The average Bonchev–Trinajstić information content (AvgIpc) is 3.17.